The highest BCUT2D eigenvalue weighted by Crippen LogP contribution is 2.35. The Balaban J connectivity index is 1.36. The average molecular weight is 584 g/mol. The summed E-state index contributed by atoms with van der Waals surface area (Å²) in [7, 11) is 1.67. The highest BCUT2D eigenvalue weighted by atomic mass is 79.9. The molecular weight excluding hydrogens is 560 g/mol. The summed E-state index contributed by atoms with van der Waals surface area (Å²) in [5, 5.41) is 9.89. The van der Waals surface area contributed by atoms with Crippen LogP contribution in [0.4, 0.5) is 11.6 Å². The molecule has 2 N–H and O–H groups in total. The van der Waals surface area contributed by atoms with Crippen LogP contribution in [0, 0.1) is 0 Å². The largest absolute Gasteiger partial charge is 0.326 e. The zero-order valence-corrected chi connectivity index (χ0v) is 22.3. The van der Waals surface area contributed by atoms with E-state index in [4.69, 9.17) is 16.7 Å². The van der Waals surface area contributed by atoms with Gasteiger partial charge in [0.2, 0.25) is 11.2 Å². The minimum Gasteiger partial charge on any atom is -0.326 e. The van der Waals surface area contributed by atoms with Crippen molar-refractivity contribution in [3.05, 3.63) is 70.3 Å². The highest BCUT2D eigenvalue weighted by Gasteiger charge is 2.50. The number of carbonyl (C=O) groups excluding carboxylic acids is 3. The predicted octanol–water partition coefficient (Wildman–Crippen LogP) is 3.00. The third-order valence-corrected chi connectivity index (χ3v) is 7.22. The van der Waals surface area contributed by atoms with Gasteiger partial charge >= 0.3 is 5.88 Å². The normalized spacial score (nSPS) is 17.3. The summed E-state index contributed by atoms with van der Waals surface area (Å²) >= 11 is 9.07. The van der Waals surface area contributed by atoms with Gasteiger partial charge in [-0.15, -0.1) is 0 Å². The molecule has 37 heavy (non-hydrogen) atoms. The number of hydrogen-bond acceptors (Lipinski definition) is 6. The van der Waals surface area contributed by atoms with Gasteiger partial charge in [0.05, 0.1) is 6.42 Å². The van der Waals surface area contributed by atoms with E-state index < -0.39 is 6.04 Å². The number of aryl methyl sites for hydroxylation is 1. The molecule has 3 amide bonds. The molecule has 2 fully saturated rings. The number of anilines is 2. The molecule has 0 bridgehead atoms. The van der Waals surface area contributed by atoms with Gasteiger partial charge in [-0.25, -0.2) is 0 Å². The Kier molecular flexibility index (Phi) is 7.02. The smallest absolute Gasteiger partial charge is 0.307 e. The molecule has 0 spiro atoms. The van der Waals surface area contributed by atoms with Gasteiger partial charge in [-0.05, 0) is 66.1 Å². The number of hydrogen-bond donors (Lipinski definition) is 2. The number of thiocarbonyl (C=S) groups is 1. The van der Waals surface area contributed by atoms with Crippen LogP contribution in [0.2, 0.25) is 0 Å². The maximum atomic E-state index is 13.4. The van der Waals surface area contributed by atoms with E-state index in [0.29, 0.717) is 22.1 Å². The molecule has 2 aliphatic rings. The van der Waals surface area contributed by atoms with Crippen molar-refractivity contribution in [1.29, 1.82) is 0 Å². The first kappa shape index (κ1) is 25.0. The van der Waals surface area contributed by atoms with E-state index in [1.165, 1.54) is 4.68 Å². The number of aromatic nitrogens is 2. The third kappa shape index (κ3) is 5.39. The molecule has 1 aliphatic carbocycles. The molecule has 190 valence electrons. The lowest BCUT2D eigenvalue weighted by Crippen LogP contribution is -2.43. The van der Waals surface area contributed by atoms with Gasteiger partial charge in [0.25, 0.3) is 17.5 Å². The third-order valence-electron chi connectivity index (χ3n) is 6.26. The fourth-order valence-corrected chi connectivity index (χ4v) is 4.87. The molecule has 1 aromatic heterocycles. The molecule has 1 saturated carbocycles. The van der Waals surface area contributed by atoms with Gasteiger partial charge in [-0.3, -0.25) is 29.1 Å². The van der Waals surface area contributed by atoms with Crippen LogP contribution in [0.1, 0.15) is 35.3 Å². The van der Waals surface area contributed by atoms with Crippen LogP contribution in [0.15, 0.2) is 63.6 Å². The predicted molar refractivity (Wildman–Crippen MR) is 141 cm³/mol. The monoisotopic (exact) mass is 583 g/mol. The summed E-state index contributed by atoms with van der Waals surface area (Å²) in [5.74, 6) is -0.718. The minimum atomic E-state index is -0.795. The Morgan fingerprint density at radius 2 is 1.84 bits per heavy atom. The highest BCUT2D eigenvalue weighted by molar-refractivity contribution is 9.10. The van der Waals surface area contributed by atoms with Gasteiger partial charge in [-0.2, -0.15) is 0 Å². The van der Waals surface area contributed by atoms with Crippen molar-refractivity contribution in [2.45, 2.75) is 37.9 Å². The molecule has 2 aromatic carbocycles. The molecule has 0 radical (unpaired) electrons. The van der Waals surface area contributed by atoms with Crippen LogP contribution in [-0.4, -0.2) is 50.0 Å². The summed E-state index contributed by atoms with van der Waals surface area (Å²) in [6, 6.07) is 15.2. The number of rotatable bonds is 8. The fraction of sp³-hybridized carbons (Fsp3) is 0.280. The Labute approximate surface area is 226 Å². The SMILES string of the molecule is C[n+]1noc(NC(=O)c2ccccc2)c1CN1C(=S)N(C2CC2)C(=O)C1CC(=O)Nc1ccc(Br)cc1. The van der Waals surface area contributed by atoms with E-state index in [9.17, 15) is 14.4 Å². The first-order valence-electron chi connectivity index (χ1n) is 11.7. The lowest BCUT2D eigenvalue weighted by atomic mass is 10.1. The summed E-state index contributed by atoms with van der Waals surface area (Å²) in [4.78, 5) is 42.4. The van der Waals surface area contributed by atoms with Crippen molar-refractivity contribution < 1.29 is 23.6 Å². The molecule has 1 aliphatic heterocycles. The first-order valence-corrected chi connectivity index (χ1v) is 12.9. The number of carbonyl (C=O) groups is 3. The first-order chi connectivity index (χ1) is 17.8. The number of halogens is 1. The molecule has 10 nitrogen and oxygen atoms in total. The summed E-state index contributed by atoms with van der Waals surface area (Å²) in [5.41, 5.74) is 1.60. The Hall–Kier alpha value is -3.64. The molecule has 1 atom stereocenters. The standard InChI is InChI=1S/C25H23BrN6O4S/c1-30-20(23(36-29-30)28-22(34)15-5-3-2-4-6-15)14-31-19(24(35)32(25(31)37)18-11-12-18)13-21(33)27-17-9-7-16(26)8-10-17/h2-10,18-19H,11-14H2,1H3,(H-,27,28,29,33,34)/p+1. The molecule has 12 heteroatoms. The van der Waals surface area contributed by atoms with Crippen molar-refractivity contribution >= 4 is 62.6 Å². The van der Waals surface area contributed by atoms with Crippen LogP contribution < -0.4 is 15.3 Å². The second-order valence-electron chi connectivity index (χ2n) is 8.92. The average Bonchev–Trinajstić information content (AvgIpc) is 3.62. The second kappa shape index (κ2) is 10.4. The van der Waals surface area contributed by atoms with Gasteiger partial charge < -0.3 is 10.2 Å². The van der Waals surface area contributed by atoms with E-state index >= 15 is 0 Å². The quantitative estimate of drug-likeness (QED) is 0.309. The number of nitrogens with one attached hydrogen (secondary N) is 2. The Morgan fingerprint density at radius 1 is 1.14 bits per heavy atom. The van der Waals surface area contributed by atoms with Crippen LogP contribution in [0.25, 0.3) is 0 Å². The number of benzene rings is 2. The van der Waals surface area contributed by atoms with Gasteiger partial charge in [0.1, 0.15) is 12.6 Å². The summed E-state index contributed by atoms with van der Waals surface area (Å²) in [6.45, 7) is 0.119. The van der Waals surface area contributed by atoms with Crippen molar-refractivity contribution in [3.63, 3.8) is 0 Å². The van der Waals surface area contributed by atoms with Crippen LogP contribution in [0.5, 0.6) is 0 Å². The number of nitrogens with zero attached hydrogens (tertiary/aromatic N) is 4. The molecule has 1 unspecified atom stereocenters. The van der Waals surface area contributed by atoms with Crippen LogP contribution >= 0.6 is 28.1 Å². The van der Waals surface area contributed by atoms with Crippen molar-refractivity contribution in [1.82, 2.24) is 15.1 Å². The lowest BCUT2D eigenvalue weighted by Gasteiger charge is -2.22. The van der Waals surface area contributed by atoms with E-state index in [0.717, 1.165) is 17.3 Å². The molecule has 1 saturated heterocycles. The van der Waals surface area contributed by atoms with Gasteiger partial charge in [-0.1, -0.05) is 34.1 Å². The molecular formula is C25H24BrN6O4S+. The zero-order chi connectivity index (χ0) is 26.1. The maximum absolute atomic E-state index is 13.4. The van der Waals surface area contributed by atoms with E-state index in [1.807, 2.05) is 18.2 Å². The summed E-state index contributed by atoms with van der Waals surface area (Å²) < 4.78 is 7.75. The summed E-state index contributed by atoms with van der Waals surface area (Å²) in [6.07, 6.45) is 1.66. The van der Waals surface area contributed by atoms with E-state index in [1.54, 1.807) is 53.2 Å². The minimum absolute atomic E-state index is 0.0514. The molecule has 2 heterocycles. The maximum Gasteiger partial charge on any atom is 0.307 e. The van der Waals surface area contributed by atoms with Gasteiger partial charge in [0, 0.05) is 21.8 Å². The molecule has 3 aromatic rings. The van der Waals surface area contributed by atoms with Gasteiger partial charge in [0.15, 0.2) is 12.2 Å². The zero-order valence-electron chi connectivity index (χ0n) is 19.9. The van der Waals surface area contributed by atoms with Crippen molar-refractivity contribution in [3.8, 4) is 0 Å². The van der Waals surface area contributed by atoms with Crippen LogP contribution in [0.3, 0.4) is 0 Å². The topological polar surface area (TPSA) is 112 Å². The van der Waals surface area contributed by atoms with Crippen molar-refractivity contribution in [2.24, 2.45) is 7.05 Å². The fourth-order valence-electron chi connectivity index (χ4n) is 4.17. The van der Waals surface area contributed by atoms with Crippen LogP contribution in [-0.2, 0) is 23.2 Å². The van der Waals surface area contributed by atoms with Crippen molar-refractivity contribution in [2.75, 3.05) is 10.6 Å². The van der Waals surface area contributed by atoms with E-state index in [-0.39, 0.29) is 42.6 Å². The molecule has 5 rings (SSSR count). The Morgan fingerprint density at radius 3 is 2.51 bits per heavy atom. The second-order valence-corrected chi connectivity index (χ2v) is 10.2. The van der Waals surface area contributed by atoms with E-state index in [2.05, 4.69) is 31.8 Å². The Bertz CT molecular complexity index is 1360. The lowest BCUT2D eigenvalue weighted by molar-refractivity contribution is -0.746. The number of amides is 3.